The molecule has 2 aromatic rings. The highest BCUT2D eigenvalue weighted by molar-refractivity contribution is 5.92. The van der Waals surface area contributed by atoms with Crippen molar-refractivity contribution in [3.05, 3.63) is 40.6 Å². The van der Waals surface area contributed by atoms with Crippen LogP contribution in [0, 0.1) is 0 Å². The smallest absolute Gasteiger partial charge is 0.328 e. The molecule has 0 amide bonds. The van der Waals surface area contributed by atoms with Crippen molar-refractivity contribution in [3.63, 3.8) is 0 Å². The van der Waals surface area contributed by atoms with E-state index < -0.39 is 11.6 Å². The number of H-pyrrole nitrogens is 1. The van der Waals surface area contributed by atoms with Crippen molar-refractivity contribution in [2.75, 3.05) is 13.2 Å². The summed E-state index contributed by atoms with van der Waals surface area (Å²) in [7, 11) is 0. The van der Waals surface area contributed by atoms with E-state index in [9.17, 15) is 9.90 Å². The average molecular weight is 357 g/mol. The van der Waals surface area contributed by atoms with Crippen molar-refractivity contribution in [1.82, 2.24) is 4.98 Å². The summed E-state index contributed by atoms with van der Waals surface area (Å²) in [6, 6.07) is 4.11. The van der Waals surface area contributed by atoms with E-state index in [1.165, 1.54) is 11.6 Å². The molecule has 0 radical (unpaired) electrons. The minimum atomic E-state index is -0.950. The molecule has 26 heavy (non-hydrogen) atoms. The standard InChI is InChI=1S/C21H27NO4/c1-4-21(8-9-23)20-15(7-10-26-21)17-12-14(5-6-18(24)25)11-16(13(2)3)19(17)22-20/h5-6,11-13,22-23H,4,7-10H2,1-3H3,(H,24,25)/b6-5+. The topological polar surface area (TPSA) is 82.5 Å². The maximum absolute atomic E-state index is 10.9. The number of hydrogen-bond acceptors (Lipinski definition) is 3. The van der Waals surface area contributed by atoms with Crippen LogP contribution in [0.2, 0.25) is 0 Å². The van der Waals surface area contributed by atoms with E-state index in [1.807, 2.05) is 0 Å². The third-order valence-corrected chi connectivity index (χ3v) is 5.38. The van der Waals surface area contributed by atoms with Crippen LogP contribution in [0.3, 0.4) is 0 Å². The quantitative estimate of drug-likeness (QED) is 0.684. The molecule has 5 nitrogen and oxygen atoms in total. The number of carbonyl (C=O) groups is 1. The van der Waals surface area contributed by atoms with E-state index in [0.717, 1.165) is 40.6 Å². The second-order valence-corrected chi connectivity index (χ2v) is 7.26. The second kappa shape index (κ2) is 7.25. The fourth-order valence-corrected chi connectivity index (χ4v) is 4.02. The van der Waals surface area contributed by atoms with E-state index in [1.54, 1.807) is 6.08 Å². The van der Waals surface area contributed by atoms with E-state index in [0.29, 0.717) is 18.9 Å². The fraction of sp³-hybridized carbons (Fsp3) is 0.476. The molecule has 1 aromatic carbocycles. The van der Waals surface area contributed by atoms with Gasteiger partial charge in [-0.3, -0.25) is 0 Å². The van der Waals surface area contributed by atoms with Crippen molar-refractivity contribution >= 4 is 22.9 Å². The summed E-state index contributed by atoms with van der Waals surface area (Å²) >= 11 is 0. The van der Waals surface area contributed by atoms with Gasteiger partial charge in [-0.15, -0.1) is 0 Å². The van der Waals surface area contributed by atoms with Gasteiger partial charge in [-0.25, -0.2) is 4.79 Å². The van der Waals surface area contributed by atoms with Gasteiger partial charge >= 0.3 is 5.97 Å². The first-order chi connectivity index (χ1) is 12.4. The lowest BCUT2D eigenvalue weighted by Gasteiger charge is -2.36. The third-order valence-electron chi connectivity index (χ3n) is 5.38. The highest BCUT2D eigenvalue weighted by Gasteiger charge is 2.38. The zero-order valence-corrected chi connectivity index (χ0v) is 15.6. The number of benzene rings is 1. The van der Waals surface area contributed by atoms with Crippen molar-refractivity contribution in [2.24, 2.45) is 0 Å². The Morgan fingerprint density at radius 2 is 2.19 bits per heavy atom. The van der Waals surface area contributed by atoms with Crippen molar-refractivity contribution < 1.29 is 19.7 Å². The van der Waals surface area contributed by atoms with E-state index in [4.69, 9.17) is 9.84 Å². The number of aromatic nitrogens is 1. The van der Waals surface area contributed by atoms with Gasteiger partial charge < -0.3 is 19.9 Å². The maximum atomic E-state index is 10.9. The minimum absolute atomic E-state index is 0.0757. The van der Waals surface area contributed by atoms with Crippen LogP contribution < -0.4 is 0 Å². The number of ether oxygens (including phenoxy) is 1. The molecule has 3 N–H and O–H groups in total. The number of aliphatic hydroxyl groups is 1. The monoisotopic (exact) mass is 357 g/mol. The van der Waals surface area contributed by atoms with Gasteiger partial charge in [-0.1, -0.05) is 20.8 Å². The number of aliphatic carboxylic acids is 1. The summed E-state index contributed by atoms with van der Waals surface area (Å²) in [5.74, 6) is -0.654. The molecular formula is C21H27NO4. The maximum Gasteiger partial charge on any atom is 0.328 e. The van der Waals surface area contributed by atoms with Gasteiger partial charge in [0.1, 0.15) is 5.60 Å². The van der Waals surface area contributed by atoms with Gasteiger partial charge in [0.2, 0.25) is 0 Å². The molecule has 140 valence electrons. The van der Waals surface area contributed by atoms with Crippen LogP contribution in [0.4, 0.5) is 0 Å². The fourth-order valence-electron chi connectivity index (χ4n) is 4.02. The molecule has 1 aromatic heterocycles. The van der Waals surface area contributed by atoms with Crippen molar-refractivity contribution in [1.29, 1.82) is 0 Å². The number of aromatic amines is 1. The SMILES string of the molecule is CCC1(CCO)OCCc2c1[nH]c1c(C(C)C)cc(/C=C/C(=O)O)cc21. The summed E-state index contributed by atoms with van der Waals surface area (Å²) in [6.45, 7) is 7.06. The Kier molecular flexibility index (Phi) is 5.21. The normalized spacial score (nSPS) is 20.2. The lowest BCUT2D eigenvalue weighted by atomic mass is 9.86. The molecule has 3 rings (SSSR count). The molecule has 1 aliphatic rings. The molecule has 0 spiro atoms. The van der Waals surface area contributed by atoms with E-state index in [-0.39, 0.29) is 6.61 Å². The Morgan fingerprint density at radius 1 is 1.42 bits per heavy atom. The van der Waals surface area contributed by atoms with E-state index in [2.05, 4.69) is 37.9 Å². The highest BCUT2D eigenvalue weighted by Crippen LogP contribution is 2.43. The number of rotatable bonds is 6. The molecule has 0 saturated heterocycles. The molecule has 0 aliphatic carbocycles. The lowest BCUT2D eigenvalue weighted by Crippen LogP contribution is -2.36. The van der Waals surface area contributed by atoms with Gasteiger partial charge in [-0.2, -0.15) is 0 Å². The van der Waals surface area contributed by atoms with Crippen LogP contribution in [0.15, 0.2) is 18.2 Å². The molecule has 1 atom stereocenters. The van der Waals surface area contributed by atoms with Gasteiger partial charge in [-0.05, 0) is 53.7 Å². The Balaban J connectivity index is 2.25. The molecule has 0 saturated carbocycles. The second-order valence-electron chi connectivity index (χ2n) is 7.26. The summed E-state index contributed by atoms with van der Waals surface area (Å²) in [5, 5.41) is 19.6. The molecule has 0 bridgehead atoms. The Labute approximate surface area is 153 Å². The largest absolute Gasteiger partial charge is 0.478 e. The van der Waals surface area contributed by atoms with Crippen LogP contribution in [0.5, 0.6) is 0 Å². The van der Waals surface area contributed by atoms with Gasteiger partial charge in [0.05, 0.1) is 12.3 Å². The number of carboxylic acid groups (broad SMARTS) is 1. The number of carboxylic acids is 1. The Bertz CT molecular complexity index is 849. The zero-order valence-electron chi connectivity index (χ0n) is 15.6. The van der Waals surface area contributed by atoms with Crippen LogP contribution in [-0.2, 0) is 21.6 Å². The van der Waals surface area contributed by atoms with Crippen LogP contribution in [0.1, 0.15) is 61.9 Å². The molecular weight excluding hydrogens is 330 g/mol. The number of aliphatic hydroxyl groups excluding tert-OH is 1. The molecule has 0 fully saturated rings. The van der Waals surface area contributed by atoms with Gasteiger partial charge in [0.25, 0.3) is 0 Å². The first-order valence-electron chi connectivity index (χ1n) is 9.26. The zero-order chi connectivity index (χ0) is 18.9. The number of nitrogens with one attached hydrogen (secondary N) is 1. The number of hydrogen-bond donors (Lipinski definition) is 3. The average Bonchev–Trinajstić information content (AvgIpc) is 2.99. The van der Waals surface area contributed by atoms with Crippen LogP contribution >= 0.6 is 0 Å². The summed E-state index contributed by atoms with van der Waals surface area (Å²) < 4.78 is 6.14. The van der Waals surface area contributed by atoms with Crippen molar-refractivity contribution in [2.45, 2.75) is 51.6 Å². The van der Waals surface area contributed by atoms with E-state index >= 15 is 0 Å². The lowest BCUT2D eigenvalue weighted by molar-refractivity contribution is -0.131. The van der Waals surface area contributed by atoms with Crippen LogP contribution in [-0.4, -0.2) is 34.4 Å². The van der Waals surface area contributed by atoms with Crippen LogP contribution in [0.25, 0.3) is 17.0 Å². The predicted molar refractivity (Wildman–Crippen MR) is 102 cm³/mol. The predicted octanol–water partition coefficient (Wildman–Crippen LogP) is 3.95. The van der Waals surface area contributed by atoms with Gasteiger partial charge in [0, 0.05) is 30.0 Å². The minimum Gasteiger partial charge on any atom is -0.478 e. The third kappa shape index (κ3) is 3.17. The molecule has 1 aliphatic heterocycles. The number of fused-ring (bicyclic) bond motifs is 3. The van der Waals surface area contributed by atoms with Crippen molar-refractivity contribution in [3.8, 4) is 0 Å². The highest BCUT2D eigenvalue weighted by atomic mass is 16.5. The summed E-state index contributed by atoms with van der Waals surface area (Å²) in [5.41, 5.74) is 4.97. The first kappa shape index (κ1) is 18.7. The Morgan fingerprint density at radius 3 is 2.81 bits per heavy atom. The summed E-state index contributed by atoms with van der Waals surface area (Å²) in [4.78, 5) is 14.5. The molecule has 5 heteroatoms. The Hall–Kier alpha value is -2.11. The summed E-state index contributed by atoms with van der Waals surface area (Å²) in [6.07, 6.45) is 4.98. The van der Waals surface area contributed by atoms with Gasteiger partial charge in [0.15, 0.2) is 0 Å². The molecule has 2 heterocycles. The molecule has 1 unspecified atom stereocenters. The first-order valence-corrected chi connectivity index (χ1v) is 9.26.